The van der Waals surface area contributed by atoms with Crippen LogP contribution in [0.3, 0.4) is 0 Å². The summed E-state index contributed by atoms with van der Waals surface area (Å²) in [6, 6.07) is 13.3. The molecule has 2 aliphatic rings. The molecule has 2 saturated heterocycles. The number of aryl methyl sites for hydroxylation is 1. The number of halogens is 1. The van der Waals surface area contributed by atoms with Crippen LogP contribution < -0.4 is 9.80 Å². The summed E-state index contributed by atoms with van der Waals surface area (Å²) in [4.78, 5) is 18.6. The number of nitrogens with zero attached hydrogens (tertiary/aromatic N) is 2. The van der Waals surface area contributed by atoms with Crippen molar-refractivity contribution in [1.29, 1.82) is 0 Å². The molecule has 2 aliphatic heterocycles. The van der Waals surface area contributed by atoms with Gasteiger partial charge in [0.2, 0.25) is 0 Å². The molecule has 29 heavy (non-hydrogen) atoms. The molecule has 2 fully saturated rings. The van der Waals surface area contributed by atoms with Crippen molar-refractivity contribution in [3.05, 3.63) is 65.0 Å². The lowest BCUT2D eigenvalue weighted by Gasteiger charge is -2.35. The summed E-state index contributed by atoms with van der Waals surface area (Å²) in [5, 5.41) is -0.195. The lowest BCUT2D eigenvalue weighted by molar-refractivity contribution is -0.892. The molecule has 2 heterocycles. The number of carbonyl (C=O) groups is 1. The van der Waals surface area contributed by atoms with Gasteiger partial charge in [0.05, 0.1) is 26.2 Å². The molecule has 4 nitrogen and oxygen atoms in total. The van der Waals surface area contributed by atoms with E-state index >= 15 is 0 Å². The second kappa shape index (κ2) is 8.76. The zero-order chi connectivity index (χ0) is 20.4. The largest absolute Gasteiger partial charge is 0.360 e. The van der Waals surface area contributed by atoms with E-state index in [1.54, 1.807) is 23.9 Å². The van der Waals surface area contributed by atoms with Gasteiger partial charge in [-0.2, -0.15) is 0 Å². The maximum atomic E-state index is 14.2. The third kappa shape index (κ3) is 4.28. The number of nitrogens with one attached hydrogen (secondary N) is 1. The first-order chi connectivity index (χ1) is 14.0. The lowest BCUT2D eigenvalue weighted by atomic mass is 10.1. The molecule has 0 bridgehead atoms. The Morgan fingerprint density at radius 1 is 1.10 bits per heavy atom. The Kier molecular flexibility index (Phi) is 6.11. The van der Waals surface area contributed by atoms with E-state index in [0.29, 0.717) is 18.7 Å². The number of benzene rings is 2. The molecule has 0 spiro atoms. The number of hydrogen-bond acceptors (Lipinski definition) is 3. The molecule has 6 heteroatoms. The number of amides is 1. The first-order valence-corrected chi connectivity index (χ1v) is 11.4. The Balaban J connectivity index is 1.36. The quantitative estimate of drug-likeness (QED) is 0.833. The maximum absolute atomic E-state index is 14.2. The number of rotatable bonds is 4. The SMILES string of the molecule is Cc1cccc(N2CC[NH+](CC(=O)N3CCS[C@@H]3c3ccccc3F)CC2)c1C. The van der Waals surface area contributed by atoms with E-state index < -0.39 is 0 Å². The molecular formula is C23H29FN3OS+. The molecule has 4 rings (SSSR count). The van der Waals surface area contributed by atoms with Crippen LogP contribution in [0.5, 0.6) is 0 Å². The summed E-state index contributed by atoms with van der Waals surface area (Å²) in [5.74, 6) is 0.776. The molecule has 0 saturated carbocycles. The van der Waals surface area contributed by atoms with Crippen molar-refractivity contribution in [3.8, 4) is 0 Å². The second-order valence-corrected chi connectivity index (χ2v) is 9.15. The molecule has 1 amide bonds. The van der Waals surface area contributed by atoms with E-state index in [1.165, 1.54) is 27.8 Å². The molecule has 1 N–H and O–H groups in total. The van der Waals surface area contributed by atoms with Crippen molar-refractivity contribution in [2.24, 2.45) is 0 Å². The van der Waals surface area contributed by atoms with E-state index in [-0.39, 0.29) is 17.1 Å². The molecule has 2 aromatic carbocycles. The number of thioether (sulfide) groups is 1. The van der Waals surface area contributed by atoms with Crippen LogP contribution in [0.1, 0.15) is 22.1 Å². The van der Waals surface area contributed by atoms with Gasteiger partial charge >= 0.3 is 0 Å². The monoisotopic (exact) mass is 414 g/mol. The molecular weight excluding hydrogens is 385 g/mol. The zero-order valence-corrected chi connectivity index (χ0v) is 18.0. The van der Waals surface area contributed by atoms with Gasteiger partial charge in [-0.05, 0) is 37.1 Å². The molecule has 1 atom stereocenters. The Hall–Kier alpha value is -2.05. The number of quaternary nitrogens is 1. The van der Waals surface area contributed by atoms with Gasteiger partial charge < -0.3 is 14.7 Å². The van der Waals surface area contributed by atoms with Gasteiger partial charge in [-0.3, -0.25) is 4.79 Å². The minimum absolute atomic E-state index is 0.137. The van der Waals surface area contributed by atoms with Crippen molar-refractivity contribution in [1.82, 2.24) is 4.90 Å². The lowest BCUT2D eigenvalue weighted by Crippen LogP contribution is -3.15. The average molecular weight is 415 g/mol. The van der Waals surface area contributed by atoms with Crippen LogP contribution >= 0.6 is 11.8 Å². The summed E-state index contributed by atoms with van der Waals surface area (Å²) in [7, 11) is 0. The van der Waals surface area contributed by atoms with Crippen LogP contribution in [0.4, 0.5) is 10.1 Å². The number of carbonyl (C=O) groups excluding carboxylic acids is 1. The highest BCUT2D eigenvalue weighted by Crippen LogP contribution is 2.38. The third-order valence-electron chi connectivity index (χ3n) is 6.17. The fourth-order valence-corrected chi connectivity index (χ4v) is 5.59. The number of piperazine rings is 1. The first kappa shape index (κ1) is 20.2. The normalized spacial score (nSPS) is 20.3. The molecule has 0 aromatic heterocycles. The fourth-order valence-electron chi connectivity index (χ4n) is 4.29. The topological polar surface area (TPSA) is 28.0 Å². The van der Waals surface area contributed by atoms with Crippen molar-refractivity contribution in [2.45, 2.75) is 19.2 Å². The maximum Gasteiger partial charge on any atom is 0.278 e. The van der Waals surface area contributed by atoms with Crippen LogP contribution in [0, 0.1) is 19.7 Å². The molecule has 2 aromatic rings. The van der Waals surface area contributed by atoms with Gasteiger partial charge in [-0.15, -0.1) is 11.8 Å². The van der Waals surface area contributed by atoms with Crippen LogP contribution in [0.15, 0.2) is 42.5 Å². The Morgan fingerprint density at radius 3 is 2.62 bits per heavy atom. The predicted octanol–water partition coefficient (Wildman–Crippen LogP) is 2.42. The summed E-state index contributed by atoms with van der Waals surface area (Å²) < 4.78 is 14.2. The van der Waals surface area contributed by atoms with Gasteiger partial charge in [-0.1, -0.05) is 30.3 Å². The summed E-state index contributed by atoms with van der Waals surface area (Å²) in [6.45, 7) is 9.34. The first-order valence-electron chi connectivity index (χ1n) is 10.3. The summed E-state index contributed by atoms with van der Waals surface area (Å²) in [5.41, 5.74) is 4.59. The van der Waals surface area contributed by atoms with Crippen LogP contribution in [-0.2, 0) is 4.79 Å². The Bertz CT molecular complexity index is 882. The van der Waals surface area contributed by atoms with E-state index in [0.717, 1.165) is 31.9 Å². The number of anilines is 1. The van der Waals surface area contributed by atoms with E-state index in [9.17, 15) is 9.18 Å². The fraction of sp³-hybridized carbons (Fsp3) is 0.435. The molecule has 0 radical (unpaired) electrons. The highest BCUT2D eigenvalue weighted by Gasteiger charge is 2.34. The van der Waals surface area contributed by atoms with Gasteiger partial charge in [0.25, 0.3) is 5.91 Å². The van der Waals surface area contributed by atoms with E-state index in [4.69, 9.17) is 0 Å². The van der Waals surface area contributed by atoms with Crippen molar-refractivity contribution in [2.75, 3.05) is 49.9 Å². The van der Waals surface area contributed by atoms with Gasteiger partial charge in [0.1, 0.15) is 11.2 Å². The molecule has 154 valence electrons. The van der Waals surface area contributed by atoms with Gasteiger partial charge in [0, 0.05) is 23.5 Å². The second-order valence-electron chi connectivity index (χ2n) is 7.96. The van der Waals surface area contributed by atoms with Crippen molar-refractivity contribution >= 4 is 23.4 Å². The highest BCUT2D eigenvalue weighted by molar-refractivity contribution is 7.99. The molecule has 0 aliphatic carbocycles. The highest BCUT2D eigenvalue weighted by atomic mass is 32.2. The standard InChI is InChI=1S/C23H28FN3OS/c1-17-6-5-9-21(18(17)2)26-12-10-25(11-13-26)16-22(28)27-14-15-29-23(27)19-7-3-4-8-20(19)24/h3-9,23H,10-16H2,1-2H3/p+1/t23-/m1/s1. The van der Waals surface area contributed by atoms with Crippen molar-refractivity contribution < 1.29 is 14.1 Å². The van der Waals surface area contributed by atoms with Crippen LogP contribution in [0.2, 0.25) is 0 Å². The number of hydrogen-bond donors (Lipinski definition) is 1. The Morgan fingerprint density at radius 2 is 1.86 bits per heavy atom. The average Bonchev–Trinajstić information content (AvgIpc) is 3.21. The zero-order valence-electron chi connectivity index (χ0n) is 17.2. The summed E-state index contributed by atoms with van der Waals surface area (Å²) >= 11 is 1.66. The van der Waals surface area contributed by atoms with Gasteiger partial charge in [0.15, 0.2) is 6.54 Å². The minimum Gasteiger partial charge on any atom is -0.360 e. The predicted molar refractivity (Wildman–Crippen MR) is 117 cm³/mol. The smallest absolute Gasteiger partial charge is 0.278 e. The van der Waals surface area contributed by atoms with Crippen molar-refractivity contribution in [3.63, 3.8) is 0 Å². The van der Waals surface area contributed by atoms with E-state index in [1.807, 2.05) is 11.0 Å². The van der Waals surface area contributed by atoms with E-state index in [2.05, 4.69) is 36.9 Å². The third-order valence-corrected chi connectivity index (χ3v) is 7.41. The Labute approximate surface area is 176 Å². The van der Waals surface area contributed by atoms with Gasteiger partial charge in [-0.25, -0.2) is 4.39 Å². The summed E-state index contributed by atoms with van der Waals surface area (Å²) in [6.07, 6.45) is 0. The van der Waals surface area contributed by atoms with Crippen LogP contribution in [0.25, 0.3) is 0 Å². The molecule has 0 unspecified atom stereocenters. The minimum atomic E-state index is -0.223. The van der Waals surface area contributed by atoms with Crippen LogP contribution in [-0.4, -0.2) is 55.8 Å².